The average Bonchev–Trinajstić information content (AvgIpc) is 3.29. The molecule has 0 aliphatic heterocycles. The van der Waals surface area contributed by atoms with E-state index in [4.69, 9.17) is 18.7 Å². The summed E-state index contributed by atoms with van der Waals surface area (Å²) in [6.07, 6.45) is -2.79. The first kappa shape index (κ1) is 25.1. The van der Waals surface area contributed by atoms with Gasteiger partial charge in [-0.3, -0.25) is 5.32 Å². The van der Waals surface area contributed by atoms with Crippen LogP contribution in [0.25, 0.3) is 10.9 Å². The normalized spacial score (nSPS) is 14.4. The van der Waals surface area contributed by atoms with Gasteiger partial charge < -0.3 is 24.1 Å². The molecule has 2 aromatic heterocycles. The lowest BCUT2D eigenvalue weighted by Crippen LogP contribution is -2.48. The molecule has 1 aliphatic carbocycles. The Morgan fingerprint density at radius 2 is 1.79 bits per heavy atom. The standard InChI is InChI=1S/C25H22F3N5O5/c1-35-18-10-16-17(11-19(18)36-2)29-13-30-22(16)37-15-6-3-5-14(9-15)31-23(34)32-21-12-20(33-38-21)24(7-4-8-24)25(26,27)28/h3,5-6,9-13H,4,7-8H2,1-2H3,(H2,31,32,34). The van der Waals surface area contributed by atoms with Crippen LogP contribution in [0.2, 0.25) is 0 Å². The zero-order chi connectivity index (χ0) is 26.9. The molecule has 198 valence electrons. The molecule has 10 nitrogen and oxygen atoms in total. The van der Waals surface area contributed by atoms with Crippen molar-refractivity contribution in [3.8, 4) is 23.1 Å². The van der Waals surface area contributed by atoms with Crippen molar-refractivity contribution in [1.82, 2.24) is 15.1 Å². The van der Waals surface area contributed by atoms with Crippen molar-refractivity contribution in [2.45, 2.75) is 30.9 Å². The SMILES string of the molecule is COc1cc2ncnc(Oc3cccc(NC(=O)Nc4cc(C5(C(F)(F)F)CCC5)no4)c3)c2cc1OC. The van der Waals surface area contributed by atoms with Crippen LogP contribution in [0.3, 0.4) is 0 Å². The molecule has 2 aromatic carbocycles. The summed E-state index contributed by atoms with van der Waals surface area (Å²) in [5.41, 5.74) is -1.35. The molecule has 4 aromatic rings. The summed E-state index contributed by atoms with van der Waals surface area (Å²) in [5.74, 6) is 1.39. The number of alkyl halides is 3. The molecular weight excluding hydrogens is 507 g/mol. The lowest BCUT2D eigenvalue weighted by atomic mass is 9.66. The molecule has 0 saturated heterocycles. The lowest BCUT2D eigenvalue weighted by molar-refractivity contribution is -0.214. The van der Waals surface area contributed by atoms with Crippen LogP contribution in [0, 0.1) is 0 Å². The van der Waals surface area contributed by atoms with Gasteiger partial charge in [0.2, 0.25) is 11.8 Å². The summed E-state index contributed by atoms with van der Waals surface area (Å²) in [5, 5.41) is 9.08. The molecule has 2 N–H and O–H groups in total. The Balaban J connectivity index is 1.29. The van der Waals surface area contributed by atoms with Crippen LogP contribution in [-0.2, 0) is 5.41 Å². The summed E-state index contributed by atoms with van der Waals surface area (Å²) >= 11 is 0. The first-order chi connectivity index (χ1) is 18.2. The summed E-state index contributed by atoms with van der Waals surface area (Å²) in [7, 11) is 3.03. The number of fused-ring (bicyclic) bond motifs is 1. The molecule has 0 atom stereocenters. The molecule has 13 heteroatoms. The van der Waals surface area contributed by atoms with E-state index < -0.39 is 17.6 Å². The second-order valence-corrected chi connectivity index (χ2v) is 8.62. The van der Waals surface area contributed by atoms with Gasteiger partial charge in [0, 0.05) is 23.9 Å². The molecule has 38 heavy (non-hydrogen) atoms. The summed E-state index contributed by atoms with van der Waals surface area (Å²) in [4.78, 5) is 20.9. The van der Waals surface area contributed by atoms with Gasteiger partial charge in [0.25, 0.3) is 0 Å². The quantitative estimate of drug-likeness (QED) is 0.297. The third kappa shape index (κ3) is 4.62. The molecule has 0 radical (unpaired) electrons. The first-order valence-electron chi connectivity index (χ1n) is 11.5. The Bertz CT molecular complexity index is 1490. The molecule has 1 saturated carbocycles. The number of amides is 2. The molecule has 2 amide bonds. The maximum atomic E-state index is 13.5. The molecule has 5 rings (SSSR count). The van der Waals surface area contributed by atoms with E-state index in [1.807, 2.05) is 0 Å². The average molecular weight is 529 g/mol. The van der Waals surface area contributed by atoms with Crippen LogP contribution in [0.15, 0.2) is 53.3 Å². The van der Waals surface area contributed by atoms with E-state index >= 15 is 0 Å². The Kier molecular flexibility index (Phi) is 6.43. The number of anilines is 2. The number of halogens is 3. The Morgan fingerprint density at radius 3 is 2.47 bits per heavy atom. The maximum Gasteiger partial charge on any atom is 0.400 e. The van der Waals surface area contributed by atoms with Crippen molar-refractivity contribution >= 4 is 28.5 Å². The monoisotopic (exact) mass is 529 g/mol. The lowest BCUT2D eigenvalue weighted by Gasteiger charge is -2.41. The van der Waals surface area contributed by atoms with E-state index in [0.717, 1.165) is 6.07 Å². The van der Waals surface area contributed by atoms with E-state index in [1.165, 1.54) is 20.5 Å². The van der Waals surface area contributed by atoms with Crippen molar-refractivity contribution in [3.63, 3.8) is 0 Å². The van der Waals surface area contributed by atoms with Crippen LogP contribution < -0.4 is 24.8 Å². The number of carbonyl (C=O) groups is 1. The molecule has 2 heterocycles. The fourth-order valence-electron chi connectivity index (χ4n) is 4.24. The van der Waals surface area contributed by atoms with Gasteiger partial charge in [-0.2, -0.15) is 13.2 Å². The zero-order valence-electron chi connectivity index (χ0n) is 20.3. The molecular formula is C25H22F3N5O5. The van der Waals surface area contributed by atoms with Gasteiger partial charge in [-0.25, -0.2) is 14.8 Å². The number of aromatic nitrogens is 3. The molecule has 0 bridgehead atoms. The highest BCUT2D eigenvalue weighted by Gasteiger charge is 2.61. The fraction of sp³-hybridized carbons (Fsp3) is 0.280. The number of nitrogens with one attached hydrogen (secondary N) is 2. The topological polar surface area (TPSA) is 121 Å². The second-order valence-electron chi connectivity index (χ2n) is 8.62. The van der Waals surface area contributed by atoms with Gasteiger partial charge in [-0.05, 0) is 31.0 Å². The van der Waals surface area contributed by atoms with Crippen LogP contribution in [0.1, 0.15) is 25.0 Å². The van der Waals surface area contributed by atoms with Crippen molar-refractivity contribution < 1.29 is 36.7 Å². The van der Waals surface area contributed by atoms with E-state index in [0.29, 0.717) is 40.3 Å². The predicted octanol–water partition coefficient (Wildman–Crippen LogP) is 6.06. The second kappa shape index (κ2) is 9.72. The van der Waals surface area contributed by atoms with E-state index in [2.05, 4.69) is 25.8 Å². The van der Waals surface area contributed by atoms with Gasteiger partial charge in [0.05, 0.1) is 25.1 Å². The fourth-order valence-corrected chi connectivity index (χ4v) is 4.24. The summed E-state index contributed by atoms with van der Waals surface area (Å²) in [6.45, 7) is 0. The Labute approximate surface area is 214 Å². The number of carbonyl (C=O) groups excluding carboxylic acids is 1. The van der Waals surface area contributed by atoms with Crippen molar-refractivity contribution in [3.05, 3.63) is 54.5 Å². The van der Waals surface area contributed by atoms with Gasteiger partial charge >= 0.3 is 12.2 Å². The minimum Gasteiger partial charge on any atom is -0.493 e. The van der Waals surface area contributed by atoms with Gasteiger partial charge in [-0.15, -0.1) is 0 Å². The van der Waals surface area contributed by atoms with Crippen LogP contribution >= 0.6 is 0 Å². The molecule has 0 spiro atoms. The zero-order valence-corrected chi connectivity index (χ0v) is 20.3. The number of hydrogen-bond donors (Lipinski definition) is 2. The highest BCUT2D eigenvalue weighted by atomic mass is 19.4. The van der Waals surface area contributed by atoms with E-state index in [9.17, 15) is 18.0 Å². The molecule has 1 aliphatic rings. The number of benzene rings is 2. The number of nitrogens with zero attached hydrogens (tertiary/aromatic N) is 3. The van der Waals surface area contributed by atoms with Crippen molar-refractivity contribution in [2.24, 2.45) is 0 Å². The summed E-state index contributed by atoms with van der Waals surface area (Å²) in [6, 6.07) is 10.2. The highest BCUT2D eigenvalue weighted by molar-refractivity contribution is 5.99. The van der Waals surface area contributed by atoms with Crippen LogP contribution in [0.5, 0.6) is 23.1 Å². The van der Waals surface area contributed by atoms with Crippen molar-refractivity contribution in [1.29, 1.82) is 0 Å². The first-order valence-corrected chi connectivity index (χ1v) is 11.5. The predicted molar refractivity (Wildman–Crippen MR) is 130 cm³/mol. The van der Waals surface area contributed by atoms with E-state index in [1.54, 1.807) is 36.4 Å². The molecule has 1 fully saturated rings. The Hall–Kier alpha value is -4.55. The minimum absolute atomic E-state index is 0.0661. The van der Waals surface area contributed by atoms with Crippen LogP contribution in [0.4, 0.5) is 29.5 Å². The third-order valence-electron chi connectivity index (χ3n) is 6.40. The number of urea groups is 1. The number of methoxy groups -OCH3 is 2. The third-order valence-corrected chi connectivity index (χ3v) is 6.40. The van der Waals surface area contributed by atoms with Gasteiger partial charge in [-0.1, -0.05) is 17.6 Å². The number of ether oxygens (including phenoxy) is 3. The van der Waals surface area contributed by atoms with E-state index in [-0.39, 0.29) is 30.3 Å². The summed E-state index contributed by atoms with van der Waals surface area (Å²) < 4.78 is 62.2. The number of rotatable bonds is 7. The van der Waals surface area contributed by atoms with Gasteiger partial charge in [0.1, 0.15) is 23.2 Å². The number of hydrogen-bond acceptors (Lipinski definition) is 8. The largest absolute Gasteiger partial charge is 0.493 e. The van der Waals surface area contributed by atoms with Crippen molar-refractivity contribution in [2.75, 3.05) is 24.9 Å². The Morgan fingerprint density at radius 1 is 1.03 bits per heavy atom. The van der Waals surface area contributed by atoms with Gasteiger partial charge in [0.15, 0.2) is 11.5 Å². The highest BCUT2D eigenvalue weighted by Crippen LogP contribution is 2.54. The maximum absolute atomic E-state index is 13.5. The smallest absolute Gasteiger partial charge is 0.400 e. The van der Waals surface area contributed by atoms with Crippen LogP contribution in [-0.4, -0.2) is 41.6 Å². The minimum atomic E-state index is -4.45. The molecule has 0 unspecified atom stereocenters.